The van der Waals surface area contributed by atoms with Crippen LogP contribution in [0.25, 0.3) is 0 Å². The molecule has 0 aromatic heterocycles. The minimum Gasteiger partial charge on any atom is -0.486 e. The molecule has 10 heteroatoms. The molecule has 1 fully saturated rings. The minimum atomic E-state index is -2.91. The van der Waals surface area contributed by atoms with Gasteiger partial charge in [0.2, 0.25) is 11.6 Å². The molecule has 0 saturated carbocycles. The van der Waals surface area contributed by atoms with Crippen molar-refractivity contribution in [2.24, 2.45) is 0 Å². The summed E-state index contributed by atoms with van der Waals surface area (Å²) < 4.78 is 43.5. The van der Waals surface area contributed by atoms with Crippen LogP contribution < -0.4 is 25.2 Å². The summed E-state index contributed by atoms with van der Waals surface area (Å²) in [4.78, 5) is 0. The van der Waals surface area contributed by atoms with E-state index >= 15 is 0 Å². The molecule has 0 radical (unpaired) electrons. The van der Waals surface area contributed by atoms with Crippen molar-refractivity contribution in [1.29, 1.82) is 0 Å². The van der Waals surface area contributed by atoms with Gasteiger partial charge in [0.05, 0.1) is 6.61 Å². The summed E-state index contributed by atoms with van der Waals surface area (Å²) >= 11 is 0. The van der Waals surface area contributed by atoms with Crippen LogP contribution in [-0.4, -0.2) is 83.9 Å². The zero-order valence-corrected chi connectivity index (χ0v) is 28.4. The van der Waals surface area contributed by atoms with Crippen LogP contribution in [0.3, 0.4) is 0 Å². The quantitative estimate of drug-likeness (QED) is 0.298. The number of nitrogens with one attached hydrogen (secondary N) is 1. The molecule has 2 aliphatic rings. The molecule has 2 N–H and O–H groups in total. The summed E-state index contributed by atoms with van der Waals surface area (Å²) in [5.41, 5.74) is 0.784. The van der Waals surface area contributed by atoms with Crippen molar-refractivity contribution in [2.75, 3.05) is 45.9 Å². The van der Waals surface area contributed by atoms with Crippen LogP contribution in [0, 0.1) is 0 Å². The number of benzene rings is 3. The highest BCUT2D eigenvalue weighted by Gasteiger charge is 2.59. The molecule has 5 rings (SSSR count). The zero-order valence-electron chi connectivity index (χ0n) is 27.4. The summed E-state index contributed by atoms with van der Waals surface area (Å²) in [7, 11) is 0.181. The maximum absolute atomic E-state index is 11.7. The fourth-order valence-corrected chi connectivity index (χ4v) is 10.9. The number of anilines is 1. The number of aliphatic hydroxyl groups excluding tert-OH is 1. The highest BCUT2D eigenvalue weighted by Crippen LogP contribution is 2.42. The van der Waals surface area contributed by atoms with Gasteiger partial charge >= 0.3 is 0 Å². The van der Waals surface area contributed by atoms with Crippen molar-refractivity contribution in [1.82, 2.24) is 0 Å². The molecule has 0 spiro atoms. The molecule has 2 heterocycles. The first-order chi connectivity index (χ1) is 21.5. The number of rotatable bonds is 11. The second-order valence-corrected chi connectivity index (χ2v) is 17.1. The average molecular weight is 638 g/mol. The van der Waals surface area contributed by atoms with Crippen molar-refractivity contribution < 1.29 is 38.0 Å². The van der Waals surface area contributed by atoms with Gasteiger partial charge in [-0.05, 0) is 41.4 Å². The van der Waals surface area contributed by atoms with E-state index in [2.05, 4.69) is 74.6 Å². The Balaban J connectivity index is 1.45. The van der Waals surface area contributed by atoms with Gasteiger partial charge < -0.3 is 43.3 Å². The van der Waals surface area contributed by atoms with Crippen LogP contribution in [0.2, 0.25) is 5.04 Å². The number of hydrogen-bond acceptors (Lipinski definition) is 9. The van der Waals surface area contributed by atoms with E-state index in [4.69, 9.17) is 32.8 Å². The molecule has 2 aliphatic heterocycles. The van der Waals surface area contributed by atoms with E-state index in [1.54, 1.807) is 21.0 Å². The van der Waals surface area contributed by atoms with Crippen molar-refractivity contribution in [2.45, 2.75) is 69.5 Å². The summed E-state index contributed by atoms with van der Waals surface area (Å²) in [6, 6.07) is 26.5. The molecule has 244 valence electrons. The van der Waals surface area contributed by atoms with E-state index in [9.17, 15) is 5.11 Å². The third kappa shape index (κ3) is 6.51. The van der Waals surface area contributed by atoms with Crippen LogP contribution in [0.5, 0.6) is 11.5 Å². The summed E-state index contributed by atoms with van der Waals surface area (Å²) in [6.07, 6.45) is -2.51. The van der Waals surface area contributed by atoms with Crippen molar-refractivity contribution in [3.05, 3.63) is 78.9 Å². The molecule has 0 amide bonds. The smallest absolute Gasteiger partial charge is 0.261 e. The number of ether oxygens (including phenoxy) is 6. The van der Waals surface area contributed by atoms with Gasteiger partial charge in [-0.1, -0.05) is 81.4 Å². The number of methoxy groups -OCH3 is 2. The molecule has 0 unspecified atom stereocenters. The molecular formula is C35H47NO8Si. The van der Waals surface area contributed by atoms with Gasteiger partial charge in [-0.2, -0.15) is 0 Å². The standard InChI is InChI=1S/C35H47NO8Si/c1-33(2,3)45(26-14-10-8-11-15-26,27-16-12-9-13-17-27)42-24-31-32(44-35(5,39-7)34(4,38-6)43-31)28(37)23-36-25-18-19-29-30(22-25)41-21-20-40-29/h8-19,22,28,31-32,36-37H,20-21,23-24H2,1-7H3/t28-,31+,32+,34-,35-/m0/s1. The Hall–Kier alpha value is -2.96. The first-order valence-corrected chi connectivity index (χ1v) is 17.4. The third-order valence-electron chi connectivity index (χ3n) is 9.03. The van der Waals surface area contributed by atoms with Crippen molar-refractivity contribution in [3.8, 4) is 11.5 Å². The SMILES string of the molecule is CO[C@@]1(C)O[C@H]([C@@H](O)CNc2ccc3c(c2)OCCO3)[C@@H](CO[Si](c2ccccc2)(c2ccccc2)C(C)(C)C)O[C@]1(C)OC. The van der Waals surface area contributed by atoms with Crippen LogP contribution in [0.15, 0.2) is 78.9 Å². The molecule has 3 aromatic carbocycles. The van der Waals surface area contributed by atoms with Gasteiger partial charge in [0, 0.05) is 32.5 Å². The van der Waals surface area contributed by atoms with E-state index < -0.39 is 38.2 Å². The van der Waals surface area contributed by atoms with E-state index in [1.807, 2.05) is 30.3 Å². The van der Waals surface area contributed by atoms with Gasteiger partial charge in [0.15, 0.2) is 11.5 Å². The van der Waals surface area contributed by atoms with Gasteiger partial charge in [-0.15, -0.1) is 0 Å². The largest absolute Gasteiger partial charge is 0.486 e. The molecule has 0 aliphatic carbocycles. The molecule has 3 aromatic rings. The Morgan fingerprint density at radius 1 is 0.844 bits per heavy atom. The Bertz CT molecular complexity index is 1360. The monoisotopic (exact) mass is 637 g/mol. The maximum Gasteiger partial charge on any atom is 0.261 e. The predicted molar refractivity (Wildman–Crippen MR) is 176 cm³/mol. The van der Waals surface area contributed by atoms with Crippen LogP contribution in [0.4, 0.5) is 5.69 Å². The zero-order chi connectivity index (χ0) is 32.3. The maximum atomic E-state index is 11.7. The number of hydrogen-bond donors (Lipinski definition) is 2. The Morgan fingerprint density at radius 3 is 1.96 bits per heavy atom. The van der Waals surface area contributed by atoms with Crippen LogP contribution in [0.1, 0.15) is 34.6 Å². The van der Waals surface area contributed by atoms with E-state index in [1.165, 1.54) is 7.11 Å². The highest BCUT2D eigenvalue weighted by molar-refractivity contribution is 6.99. The van der Waals surface area contributed by atoms with Crippen LogP contribution in [-0.2, 0) is 23.4 Å². The summed E-state index contributed by atoms with van der Waals surface area (Å²) in [5, 5.41) is 17.0. The Kier molecular flexibility index (Phi) is 9.95. The van der Waals surface area contributed by atoms with Crippen LogP contribution >= 0.6 is 0 Å². The summed E-state index contributed by atoms with van der Waals surface area (Å²) in [5.74, 6) is -1.22. The highest BCUT2D eigenvalue weighted by atomic mass is 28.4. The van der Waals surface area contributed by atoms with Crippen molar-refractivity contribution >= 4 is 24.4 Å². The van der Waals surface area contributed by atoms with E-state index in [0.29, 0.717) is 24.7 Å². The lowest BCUT2D eigenvalue weighted by Crippen LogP contribution is -2.70. The van der Waals surface area contributed by atoms with Gasteiger partial charge in [-0.25, -0.2) is 0 Å². The lowest BCUT2D eigenvalue weighted by atomic mass is 10.0. The second-order valence-electron chi connectivity index (χ2n) is 12.8. The van der Waals surface area contributed by atoms with Crippen molar-refractivity contribution in [3.63, 3.8) is 0 Å². The molecule has 0 bridgehead atoms. The summed E-state index contributed by atoms with van der Waals surface area (Å²) in [6.45, 7) is 11.5. The molecular weight excluding hydrogens is 590 g/mol. The first-order valence-electron chi connectivity index (χ1n) is 15.5. The lowest BCUT2D eigenvalue weighted by Gasteiger charge is -2.53. The Morgan fingerprint density at radius 2 is 1.40 bits per heavy atom. The normalized spacial score (nSPS) is 25.9. The van der Waals surface area contributed by atoms with Gasteiger partial charge in [-0.3, -0.25) is 0 Å². The first kappa shape index (κ1) is 33.4. The van der Waals surface area contributed by atoms with E-state index in [0.717, 1.165) is 16.1 Å². The van der Waals surface area contributed by atoms with Gasteiger partial charge in [0.1, 0.15) is 31.5 Å². The average Bonchev–Trinajstić information content (AvgIpc) is 3.05. The fourth-order valence-electron chi connectivity index (χ4n) is 6.29. The fraction of sp³-hybridized carbons (Fsp3) is 0.486. The lowest BCUT2D eigenvalue weighted by molar-refractivity contribution is -0.454. The second kappa shape index (κ2) is 13.4. The number of fused-ring (bicyclic) bond motifs is 1. The molecule has 1 saturated heterocycles. The minimum absolute atomic E-state index is 0.151. The topological polar surface area (TPSA) is 96.9 Å². The molecule has 5 atom stereocenters. The number of aliphatic hydroxyl groups is 1. The van der Waals surface area contributed by atoms with Gasteiger partial charge in [0.25, 0.3) is 8.32 Å². The van der Waals surface area contributed by atoms with E-state index in [-0.39, 0.29) is 18.2 Å². The molecule has 9 nitrogen and oxygen atoms in total. The molecule has 45 heavy (non-hydrogen) atoms. The predicted octanol–water partition coefficient (Wildman–Crippen LogP) is 4.32. The Labute approximate surface area is 267 Å². The third-order valence-corrected chi connectivity index (χ3v) is 14.0.